The highest BCUT2D eigenvalue weighted by Gasteiger charge is 2.24. The molecule has 0 amide bonds. The Morgan fingerprint density at radius 2 is 0.690 bits per heavy atom. The van der Waals surface area contributed by atoms with Gasteiger partial charge in [-0.1, -0.05) is 0 Å². The summed E-state index contributed by atoms with van der Waals surface area (Å²) in [5, 5.41) is 27.1. The van der Waals surface area contributed by atoms with Crippen molar-refractivity contribution >= 4 is 35.8 Å². The van der Waals surface area contributed by atoms with Gasteiger partial charge in [0.2, 0.25) is 0 Å². The Morgan fingerprint density at radius 1 is 0.381 bits per heavy atom. The fourth-order valence-corrected chi connectivity index (χ4v) is 3.50. The molecule has 4 aromatic carbocycles. The molecule has 0 atom stereocenters. The summed E-state index contributed by atoms with van der Waals surface area (Å²) >= 11 is 0. The summed E-state index contributed by atoms with van der Waals surface area (Å²) in [7, 11) is 0. The number of esters is 3. The van der Waals surface area contributed by atoms with Crippen LogP contribution < -0.4 is 14.2 Å². The van der Waals surface area contributed by atoms with Crippen molar-refractivity contribution in [2.45, 2.75) is 0 Å². The number of hydrogen-bond acceptors (Lipinski definition) is 9. The van der Waals surface area contributed by atoms with Crippen molar-refractivity contribution in [1.82, 2.24) is 0 Å². The molecule has 0 spiro atoms. The molecule has 210 valence electrons. The normalized spacial score (nSPS) is 10.3. The van der Waals surface area contributed by atoms with E-state index in [1.807, 2.05) is 0 Å². The average Bonchev–Trinajstić information content (AvgIpc) is 2.97. The van der Waals surface area contributed by atoms with Gasteiger partial charge in [-0.25, -0.2) is 28.8 Å². The summed E-state index contributed by atoms with van der Waals surface area (Å²) in [4.78, 5) is 72.2. The van der Waals surface area contributed by atoms with E-state index >= 15 is 0 Å². The molecule has 0 aliphatic rings. The second kappa shape index (κ2) is 12.3. The van der Waals surface area contributed by atoms with Gasteiger partial charge in [0.25, 0.3) is 0 Å². The quantitative estimate of drug-likeness (QED) is 0.190. The Balaban J connectivity index is 1.63. The van der Waals surface area contributed by atoms with Gasteiger partial charge in [0, 0.05) is 0 Å². The smallest absolute Gasteiger partial charge is 0.344 e. The summed E-state index contributed by atoms with van der Waals surface area (Å²) in [6.45, 7) is 0. The third-order valence-corrected chi connectivity index (χ3v) is 5.63. The van der Waals surface area contributed by atoms with Gasteiger partial charge in [-0.2, -0.15) is 0 Å². The van der Waals surface area contributed by atoms with Crippen LogP contribution in [-0.4, -0.2) is 51.1 Å². The average molecular weight is 570 g/mol. The molecule has 0 heterocycles. The Kier molecular flexibility index (Phi) is 8.38. The van der Waals surface area contributed by atoms with E-state index in [0.29, 0.717) is 0 Å². The minimum Gasteiger partial charge on any atom is -0.478 e. The van der Waals surface area contributed by atoms with E-state index in [1.54, 1.807) is 0 Å². The lowest BCUT2D eigenvalue weighted by Crippen LogP contribution is -2.19. The second-order valence-electron chi connectivity index (χ2n) is 8.42. The molecule has 0 saturated carbocycles. The van der Waals surface area contributed by atoms with Crippen molar-refractivity contribution in [3.05, 3.63) is 124 Å². The second-order valence-corrected chi connectivity index (χ2v) is 8.42. The Bertz CT molecular complexity index is 1700. The van der Waals surface area contributed by atoms with Crippen LogP contribution in [0.1, 0.15) is 62.1 Å². The van der Waals surface area contributed by atoms with Gasteiger partial charge < -0.3 is 29.5 Å². The van der Waals surface area contributed by atoms with E-state index in [1.165, 1.54) is 78.9 Å². The molecule has 0 unspecified atom stereocenters. The Morgan fingerprint density at radius 3 is 1.05 bits per heavy atom. The lowest BCUT2D eigenvalue weighted by Gasteiger charge is -2.12. The molecule has 0 aliphatic carbocycles. The van der Waals surface area contributed by atoms with Crippen LogP contribution in [0.2, 0.25) is 0 Å². The number of carbonyl (C=O) groups is 6. The molecular weight excluding hydrogens is 552 g/mol. The summed E-state index contributed by atoms with van der Waals surface area (Å²) in [5.41, 5.74) is -1.03. The highest BCUT2D eigenvalue weighted by Crippen LogP contribution is 2.22. The molecule has 0 saturated heterocycles. The maximum Gasteiger partial charge on any atom is 0.344 e. The summed E-state index contributed by atoms with van der Waals surface area (Å²) in [5.74, 6) is -6.69. The van der Waals surface area contributed by atoms with Gasteiger partial charge in [-0.15, -0.1) is 0 Å². The highest BCUT2D eigenvalue weighted by atomic mass is 16.5. The molecule has 4 rings (SSSR count). The fraction of sp³-hybridized carbons (Fsp3) is 0. The largest absolute Gasteiger partial charge is 0.478 e. The third-order valence-electron chi connectivity index (χ3n) is 5.63. The standard InChI is InChI=1S/C30H18O12/c31-25(32)16-1-8-20(9-2-16)40-28(37)19-7-14-23(29(38)41-21-10-3-17(4-11-21)26(33)34)24(15-19)30(39)42-22-12-5-18(6-13-22)27(35)36/h1-15H,(H,31,32)(H,33,34)(H,35,36). The first kappa shape index (κ1) is 28.7. The van der Waals surface area contributed by atoms with Gasteiger partial charge in [0.1, 0.15) is 17.2 Å². The van der Waals surface area contributed by atoms with Gasteiger partial charge in [0.05, 0.1) is 33.4 Å². The molecular formula is C30H18O12. The van der Waals surface area contributed by atoms with Crippen molar-refractivity contribution in [2.75, 3.05) is 0 Å². The number of aromatic carboxylic acids is 3. The molecule has 42 heavy (non-hydrogen) atoms. The zero-order valence-corrected chi connectivity index (χ0v) is 21.2. The van der Waals surface area contributed by atoms with Crippen LogP contribution in [0.25, 0.3) is 0 Å². The number of benzene rings is 4. The van der Waals surface area contributed by atoms with Gasteiger partial charge in [0.15, 0.2) is 0 Å². The zero-order valence-electron chi connectivity index (χ0n) is 21.2. The van der Waals surface area contributed by atoms with E-state index in [-0.39, 0.29) is 45.1 Å². The molecule has 0 radical (unpaired) electrons. The SMILES string of the molecule is O=C(O)c1ccc(OC(=O)c2ccc(C(=O)Oc3ccc(C(=O)O)cc3)c(C(=O)Oc3ccc(C(=O)O)cc3)c2)cc1. The molecule has 0 aliphatic heterocycles. The lowest BCUT2D eigenvalue weighted by molar-refractivity contribution is 0.0682. The number of carboxylic acid groups (broad SMARTS) is 3. The van der Waals surface area contributed by atoms with E-state index < -0.39 is 41.4 Å². The molecule has 0 aromatic heterocycles. The van der Waals surface area contributed by atoms with Crippen LogP contribution in [0.3, 0.4) is 0 Å². The summed E-state index contributed by atoms with van der Waals surface area (Å²) < 4.78 is 15.8. The minimum absolute atomic E-state index is 0.0148. The van der Waals surface area contributed by atoms with Crippen molar-refractivity contribution < 1.29 is 58.3 Å². The monoisotopic (exact) mass is 570 g/mol. The summed E-state index contributed by atoms with van der Waals surface area (Å²) in [6.07, 6.45) is 0. The van der Waals surface area contributed by atoms with Crippen LogP contribution in [0.5, 0.6) is 17.2 Å². The van der Waals surface area contributed by atoms with E-state index in [0.717, 1.165) is 12.1 Å². The van der Waals surface area contributed by atoms with Gasteiger partial charge in [-0.3, -0.25) is 0 Å². The van der Waals surface area contributed by atoms with E-state index in [4.69, 9.17) is 29.5 Å². The molecule has 12 heteroatoms. The topological polar surface area (TPSA) is 191 Å². The van der Waals surface area contributed by atoms with Crippen LogP contribution >= 0.6 is 0 Å². The minimum atomic E-state index is -1.20. The number of hydrogen-bond donors (Lipinski definition) is 3. The Hall–Kier alpha value is -6.30. The maximum atomic E-state index is 13.1. The number of ether oxygens (including phenoxy) is 3. The molecule has 0 bridgehead atoms. The highest BCUT2D eigenvalue weighted by molar-refractivity contribution is 6.06. The first-order valence-corrected chi connectivity index (χ1v) is 11.8. The first-order valence-electron chi connectivity index (χ1n) is 11.8. The van der Waals surface area contributed by atoms with Crippen molar-refractivity contribution in [3.8, 4) is 17.2 Å². The van der Waals surface area contributed by atoms with E-state index in [9.17, 15) is 28.8 Å². The van der Waals surface area contributed by atoms with Crippen molar-refractivity contribution in [2.24, 2.45) is 0 Å². The third kappa shape index (κ3) is 6.82. The number of carboxylic acids is 3. The predicted molar refractivity (Wildman–Crippen MR) is 142 cm³/mol. The van der Waals surface area contributed by atoms with Gasteiger partial charge in [-0.05, 0) is 91.0 Å². The van der Waals surface area contributed by atoms with Crippen LogP contribution in [0.15, 0.2) is 91.0 Å². The zero-order chi connectivity index (χ0) is 30.4. The first-order chi connectivity index (χ1) is 20.0. The lowest BCUT2D eigenvalue weighted by atomic mass is 10.0. The van der Waals surface area contributed by atoms with Crippen LogP contribution in [0, 0.1) is 0 Å². The summed E-state index contributed by atoms with van der Waals surface area (Å²) in [6, 6.07) is 18.1. The predicted octanol–water partition coefficient (Wildman–Crippen LogP) is 4.44. The van der Waals surface area contributed by atoms with Crippen LogP contribution in [-0.2, 0) is 0 Å². The Labute approximate surface area is 235 Å². The fourth-order valence-electron chi connectivity index (χ4n) is 3.50. The molecule has 0 fully saturated rings. The molecule has 12 nitrogen and oxygen atoms in total. The number of rotatable bonds is 9. The van der Waals surface area contributed by atoms with E-state index in [2.05, 4.69) is 0 Å². The molecule has 4 aromatic rings. The van der Waals surface area contributed by atoms with Crippen molar-refractivity contribution in [1.29, 1.82) is 0 Å². The number of carbonyl (C=O) groups excluding carboxylic acids is 3. The van der Waals surface area contributed by atoms with Crippen LogP contribution in [0.4, 0.5) is 0 Å². The maximum absolute atomic E-state index is 13.1. The van der Waals surface area contributed by atoms with Crippen molar-refractivity contribution in [3.63, 3.8) is 0 Å². The van der Waals surface area contributed by atoms with Gasteiger partial charge >= 0.3 is 35.8 Å². The molecule has 3 N–H and O–H groups in total.